The summed E-state index contributed by atoms with van der Waals surface area (Å²) in [7, 11) is -3.12. The molecule has 3 aromatic rings. The Kier molecular flexibility index (Phi) is 5.34. The van der Waals surface area contributed by atoms with Crippen LogP contribution in [0.4, 0.5) is 5.82 Å². The minimum atomic E-state index is -3.12. The van der Waals surface area contributed by atoms with E-state index in [1.54, 1.807) is 53.2 Å². The number of anilines is 1. The molecule has 0 spiro atoms. The fourth-order valence-electron chi connectivity index (χ4n) is 2.64. The summed E-state index contributed by atoms with van der Waals surface area (Å²) in [6.07, 6.45) is 1.17. The van der Waals surface area contributed by atoms with Gasteiger partial charge in [-0.2, -0.15) is 5.10 Å². The molecule has 27 heavy (non-hydrogen) atoms. The van der Waals surface area contributed by atoms with Crippen molar-refractivity contribution in [3.8, 4) is 5.69 Å². The fourth-order valence-corrected chi connectivity index (χ4v) is 3.62. The van der Waals surface area contributed by atoms with Crippen LogP contribution in [0.3, 0.4) is 0 Å². The molecular weight excluding hydrogens is 386 g/mol. The van der Waals surface area contributed by atoms with E-state index in [9.17, 15) is 13.2 Å². The largest absolute Gasteiger partial charge is 0.306 e. The Morgan fingerprint density at radius 3 is 2.48 bits per heavy atom. The van der Waals surface area contributed by atoms with Gasteiger partial charge in [0.1, 0.15) is 5.82 Å². The summed E-state index contributed by atoms with van der Waals surface area (Å²) >= 11 is 6.04. The van der Waals surface area contributed by atoms with Crippen LogP contribution in [0.2, 0.25) is 5.02 Å². The summed E-state index contributed by atoms with van der Waals surface area (Å²) in [5.41, 5.74) is 2.53. The number of hydrogen-bond donors (Lipinski definition) is 1. The number of sulfone groups is 1. The molecule has 140 valence electrons. The molecule has 0 saturated heterocycles. The highest BCUT2D eigenvalue weighted by molar-refractivity contribution is 7.89. The van der Waals surface area contributed by atoms with Crippen LogP contribution < -0.4 is 5.32 Å². The van der Waals surface area contributed by atoms with Crippen LogP contribution in [-0.4, -0.2) is 30.4 Å². The summed E-state index contributed by atoms with van der Waals surface area (Å²) < 4.78 is 24.3. The molecule has 0 radical (unpaired) electrons. The second-order valence-electron chi connectivity index (χ2n) is 6.28. The third-order valence-corrected chi connectivity index (χ3v) is 4.86. The quantitative estimate of drug-likeness (QED) is 0.705. The minimum absolute atomic E-state index is 0.0599. The topological polar surface area (TPSA) is 81.1 Å². The van der Waals surface area contributed by atoms with Gasteiger partial charge in [0.05, 0.1) is 17.1 Å². The van der Waals surface area contributed by atoms with Crippen LogP contribution >= 0.6 is 11.6 Å². The van der Waals surface area contributed by atoms with Crippen molar-refractivity contribution in [3.63, 3.8) is 0 Å². The van der Waals surface area contributed by atoms with Crippen molar-refractivity contribution < 1.29 is 13.2 Å². The first-order valence-corrected chi connectivity index (χ1v) is 10.6. The molecule has 0 saturated carbocycles. The summed E-state index contributed by atoms with van der Waals surface area (Å²) in [4.78, 5) is 12.6. The van der Waals surface area contributed by atoms with Gasteiger partial charge in [-0.1, -0.05) is 29.8 Å². The summed E-state index contributed by atoms with van der Waals surface area (Å²) in [6, 6.07) is 15.4. The average molecular weight is 404 g/mol. The van der Waals surface area contributed by atoms with Crippen molar-refractivity contribution in [2.75, 3.05) is 11.6 Å². The molecule has 0 fully saturated rings. The van der Waals surface area contributed by atoms with Crippen LogP contribution in [0.15, 0.2) is 54.6 Å². The number of carbonyl (C=O) groups excluding carboxylic acids is 1. The Labute approximate surface area is 162 Å². The maximum Gasteiger partial charge on any atom is 0.256 e. The van der Waals surface area contributed by atoms with E-state index >= 15 is 0 Å². The minimum Gasteiger partial charge on any atom is -0.306 e. The number of carbonyl (C=O) groups is 1. The highest BCUT2D eigenvalue weighted by atomic mass is 35.5. The van der Waals surface area contributed by atoms with Gasteiger partial charge in [0.2, 0.25) is 0 Å². The van der Waals surface area contributed by atoms with Crippen molar-refractivity contribution >= 4 is 33.2 Å². The van der Waals surface area contributed by atoms with E-state index in [4.69, 9.17) is 11.6 Å². The average Bonchev–Trinajstić information content (AvgIpc) is 2.94. The maximum absolute atomic E-state index is 12.6. The lowest BCUT2D eigenvalue weighted by atomic mass is 10.1. The first-order chi connectivity index (χ1) is 12.7. The zero-order valence-electron chi connectivity index (χ0n) is 14.8. The molecule has 0 bridgehead atoms. The predicted molar refractivity (Wildman–Crippen MR) is 106 cm³/mol. The number of nitrogens with zero attached hydrogens (tertiary/aromatic N) is 2. The van der Waals surface area contributed by atoms with Gasteiger partial charge in [0.25, 0.3) is 5.91 Å². The van der Waals surface area contributed by atoms with Crippen LogP contribution in [-0.2, 0) is 15.6 Å². The SMILES string of the molecule is Cc1cc(NC(=O)c2ccc(CS(C)(=O)=O)cc2)n(-c2cccc(Cl)c2)n1. The third kappa shape index (κ3) is 4.96. The number of amides is 1. The van der Waals surface area contributed by atoms with Gasteiger partial charge in [-0.05, 0) is 42.8 Å². The Morgan fingerprint density at radius 1 is 1.15 bits per heavy atom. The zero-order chi connectivity index (χ0) is 19.6. The van der Waals surface area contributed by atoms with Crippen LogP contribution in [0.25, 0.3) is 5.69 Å². The third-order valence-electron chi connectivity index (χ3n) is 3.77. The summed E-state index contributed by atoms with van der Waals surface area (Å²) in [6.45, 7) is 1.83. The lowest BCUT2D eigenvalue weighted by molar-refractivity contribution is 0.102. The van der Waals surface area contributed by atoms with Gasteiger partial charge in [0.15, 0.2) is 9.84 Å². The smallest absolute Gasteiger partial charge is 0.256 e. The Bertz CT molecular complexity index is 1090. The van der Waals surface area contributed by atoms with Crippen molar-refractivity contribution in [2.24, 2.45) is 0 Å². The van der Waals surface area contributed by atoms with Crippen molar-refractivity contribution in [3.05, 3.63) is 76.4 Å². The molecule has 8 heteroatoms. The first-order valence-electron chi connectivity index (χ1n) is 8.12. The van der Waals surface area contributed by atoms with Gasteiger partial charge >= 0.3 is 0 Å². The Hall–Kier alpha value is -2.64. The van der Waals surface area contributed by atoms with E-state index in [1.807, 2.05) is 13.0 Å². The number of aromatic nitrogens is 2. The van der Waals surface area contributed by atoms with Crippen LogP contribution in [0.5, 0.6) is 0 Å². The molecule has 0 aliphatic carbocycles. The normalized spacial score (nSPS) is 11.4. The van der Waals surface area contributed by atoms with Gasteiger partial charge in [-0.15, -0.1) is 0 Å². The lowest BCUT2D eigenvalue weighted by Crippen LogP contribution is -2.15. The molecule has 1 heterocycles. The molecule has 2 aromatic carbocycles. The molecule has 0 unspecified atom stereocenters. The number of benzene rings is 2. The van der Waals surface area contributed by atoms with E-state index in [1.165, 1.54) is 6.26 Å². The maximum atomic E-state index is 12.6. The molecule has 0 aliphatic rings. The van der Waals surface area contributed by atoms with Gasteiger partial charge in [0, 0.05) is 22.9 Å². The standard InChI is InChI=1S/C19H18ClN3O3S/c1-13-10-18(23(22-13)17-5-3-4-16(20)11-17)21-19(24)15-8-6-14(7-9-15)12-27(2,25)26/h3-11H,12H2,1-2H3,(H,21,24). The van der Waals surface area contributed by atoms with Gasteiger partial charge in [-0.3, -0.25) is 4.79 Å². The number of rotatable bonds is 5. The second-order valence-corrected chi connectivity index (χ2v) is 8.86. The number of halogens is 1. The Balaban J connectivity index is 1.82. The molecule has 3 rings (SSSR count). The highest BCUT2D eigenvalue weighted by Crippen LogP contribution is 2.21. The van der Waals surface area contributed by atoms with Crippen LogP contribution in [0, 0.1) is 6.92 Å². The van der Waals surface area contributed by atoms with E-state index in [2.05, 4.69) is 10.4 Å². The Morgan fingerprint density at radius 2 is 1.85 bits per heavy atom. The molecule has 1 N–H and O–H groups in total. The molecule has 0 aliphatic heterocycles. The van der Waals surface area contributed by atoms with Gasteiger partial charge in [-0.25, -0.2) is 13.1 Å². The summed E-state index contributed by atoms with van der Waals surface area (Å²) in [5.74, 6) is 0.138. The zero-order valence-corrected chi connectivity index (χ0v) is 16.4. The summed E-state index contributed by atoms with van der Waals surface area (Å²) in [5, 5.41) is 7.80. The van der Waals surface area contributed by atoms with Crippen molar-refractivity contribution in [1.82, 2.24) is 9.78 Å². The molecular formula is C19H18ClN3O3S. The molecule has 1 aromatic heterocycles. The molecule has 6 nitrogen and oxygen atoms in total. The second kappa shape index (κ2) is 7.54. The highest BCUT2D eigenvalue weighted by Gasteiger charge is 2.13. The molecule has 1 amide bonds. The van der Waals surface area contributed by atoms with Crippen LogP contribution in [0.1, 0.15) is 21.6 Å². The first kappa shape index (κ1) is 19.1. The van der Waals surface area contributed by atoms with E-state index in [0.717, 1.165) is 11.4 Å². The van der Waals surface area contributed by atoms with Crippen molar-refractivity contribution in [1.29, 1.82) is 0 Å². The lowest BCUT2D eigenvalue weighted by Gasteiger charge is -2.09. The van der Waals surface area contributed by atoms with Crippen molar-refractivity contribution in [2.45, 2.75) is 12.7 Å². The van der Waals surface area contributed by atoms with Gasteiger partial charge < -0.3 is 5.32 Å². The number of nitrogens with one attached hydrogen (secondary N) is 1. The predicted octanol–water partition coefficient (Wildman–Crippen LogP) is 3.63. The van der Waals surface area contributed by atoms with E-state index < -0.39 is 9.84 Å². The monoisotopic (exact) mass is 403 g/mol. The fraction of sp³-hybridized carbons (Fsp3) is 0.158. The number of aryl methyl sites for hydroxylation is 1. The van der Waals surface area contributed by atoms with E-state index in [0.29, 0.717) is 22.0 Å². The number of hydrogen-bond acceptors (Lipinski definition) is 4. The molecule has 0 atom stereocenters. The van der Waals surface area contributed by atoms with E-state index in [-0.39, 0.29) is 11.7 Å².